The van der Waals surface area contributed by atoms with Gasteiger partial charge in [0.1, 0.15) is 0 Å². The summed E-state index contributed by atoms with van der Waals surface area (Å²) in [5.74, 6) is 5.89. The Morgan fingerprint density at radius 2 is 2.25 bits per heavy atom. The SMILES string of the molecule is CC1(C)CN(N)c2cc([N+](=O)[O-])ccc2S1. The molecule has 0 amide bonds. The number of nitro benzene ring substituents is 1. The van der Waals surface area contributed by atoms with Gasteiger partial charge in [0.05, 0.1) is 10.6 Å². The molecule has 0 saturated heterocycles. The van der Waals surface area contributed by atoms with E-state index in [0.717, 1.165) is 10.6 Å². The fourth-order valence-electron chi connectivity index (χ4n) is 1.76. The number of thioether (sulfide) groups is 1. The van der Waals surface area contributed by atoms with Crippen LogP contribution in [0.25, 0.3) is 0 Å². The van der Waals surface area contributed by atoms with E-state index < -0.39 is 4.92 Å². The Hall–Kier alpha value is -1.27. The minimum absolute atomic E-state index is 0.0257. The van der Waals surface area contributed by atoms with Crippen LogP contribution in [0.15, 0.2) is 23.1 Å². The van der Waals surface area contributed by atoms with Gasteiger partial charge in [0, 0.05) is 28.3 Å². The van der Waals surface area contributed by atoms with E-state index >= 15 is 0 Å². The van der Waals surface area contributed by atoms with Crippen LogP contribution in [0, 0.1) is 10.1 Å². The first kappa shape index (κ1) is 11.2. The zero-order valence-corrected chi connectivity index (χ0v) is 9.95. The van der Waals surface area contributed by atoms with Crippen molar-refractivity contribution < 1.29 is 4.92 Å². The second kappa shape index (κ2) is 3.64. The molecule has 1 heterocycles. The van der Waals surface area contributed by atoms with Crippen LogP contribution in [-0.2, 0) is 0 Å². The van der Waals surface area contributed by atoms with E-state index in [4.69, 9.17) is 5.84 Å². The normalized spacial score (nSPS) is 18.1. The summed E-state index contributed by atoms with van der Waals surface area (Å²) in [6, 6.07) is 4.80. The molecular weight excluding hydrogens is 226 g/mol. The number of hydrogen-bond acceptors (Lipinski definition) is 5. The summed E-state index contributed by atoms with van der Waals surface area (Å²) in [4.78, 5) is 11.2. The first-order valence-corrected chi connectivity index (χ1v) is 5.70. The lowest BCUT2D eigenvalue weighted by atomic mass is 10.2. The number of nitro groups is 1. The van der Waals surface area contributed by atoms with Crippen molar-refractivity contribution in [1.29, 1.82) is 0 Å². The minimum Gasteiger partial charge on any atom is -0.308 e. The zero-order valence-electron chi connectivity index (χ0n) is 9.14. The number of nitrogens with zero attached hydrogens (tertiary/aromatic N) is 2. The molecule has 0 saturated carbocycles. The summed E-state index contributed by atoms with van der Waals surface area (Å²) in [6.45, 7) is 4.87. The van der Waals surface area contributed by atoms with E-state index in [1.807, 2.05) is 0 Å². The maximum Gasteiger partial charge on any atom is 0.271 e. The molecule has 1 aromatic carbocycles. The molecule has 0 radical (unpaired) electrons. The van der Waals surface area contributed by atoms with E-state index in [2.05, 4.69) is 13.8 Å². The van der Waals surface area contributed by atoms with Crippen LogP contribution in [0.1, 0.15) is 13.8 Å². The van der Waals surface area contributed by atoms with Crippen molar-refractivity contribution in [3.63, 3.8) is 0 Å². The molecule has 0 bridgehead atoms. The van der Waals surface area contributed by atoms with Crippen molar-refractivity contribution in [2.24, 2.45) is 5.84 Å². The summed E-state index contributed by atoms with van der Waals surface area (Å²) < 4.78 is 0.0257. The van der Waals surface area contributed by atoms with Gasteiger partial charge in [-0.3, -0.25) is 10.1 Å². The van der Waals surface area contributed by atoms with Gasteiger partial charge >= 0.3 is 0 Å². The molecule has 16 heavy (non-hydrogen) atoms. The Labute approximate surface area is 97.7 Å². The van der Waals surface area contributed by atoms with Crippen LogP contribution >= 0.6 is 11.8 Å². The summed E-state index contributed by atoms with van der Waals surface area (Å²) >= 11 is 1.69. The summed E-state index contributed by atoms with van der Waals surface area (Å²) in [6.07, 6.45) is 0. The molecule has 0 fully saturated rings. The van der Waals surface area contributed by atoms with E-state index in [1.54, 1.807) is 22.8 Å². The lowest BCUT2D eigenvalue weighted by molar-refractivity contribution is -0.384. The molecule has 0 aliphatic carbocycles. The largest absolute Gasteiger partial charge is 0.308 e. The molecule has 0 aromatic heterocycles. The Morgan fingerprint density at radius 1 is 1.56 bits per heavy atom. The Balaban J connectivity index is 2.45. The number of hydrogen-bond donors (Lipinski definition) is 1. The van der Waals surface area contributed by atoms with E-state index in [1.165, 1.54) is 12.1 Å². The molecule has 6 heteroatoms. The molecule has 86 valence electrons. The van der Waals surface area contributed by atoms with Crippen LogP contribution in [0.5, 0.6) is 0 Å². The standard InChI is InChI=1S/C10H13N3O2S/c1-10(2)6-12(11)8-5-7(13(14)15)3-4-9(8)16-10/h3-5H,6,11H2,1-2H3. The Kier molecular flexibility index (Phi) is 2.55. The lowest BCUT2D eigenvalue weighted by Gasteiger charge is -2.37. The van der Waals surface area contributed by atoms with E-state index in [-0.39, 0.29) is 10.4 Å². The fraction of sp³-hybridized carbons (Fsp3) is 0.400. The number of fused-ring (bicyclic) bond motifs is 1. The summed E-state index contributed by atoms with van der Waals surface area (Å²) in [5, 5.41) is 12.2. The van der Waals surface area contributed by atoms with Crippen molar-refractivity contribution in [2.75, 3.05) is 11.6 Å². The number of anilines is 1. The monoisotopic (exact) mass is 239 g/mol. The minimum atomic E-state index is -0.404. The predicted molar refractivity (Wildman–Crippen MR) is 64.6 cm³/mol. The smallest absolute Gasteiger partial charge is 0.271 e. The van der Waals surface area contributed by atoms with Crippen LogP contribution in [-0.4, -0.2) is 16.2 Å². The van der Waals surface area contributed by atoms with E-state index in [9.17, 15) is 10.1 Å². The highest BCUT2D eigenvalue weighted by atomic mass is 32.2. The van der Waals surface area contributed by atoms with Gasteiger partial charge in [0.2, 0.25) is 0 Å². The average Bonchev–Trinajstić information content (AvgIpc) is 2.15. The van der Waals surface area contributed by atoms with Gasteiger partial charge < -0.3 is 5.01 Å². The molecule has 1 aliphatic rings. The van der Waals surface area contributed by atoms with Gasteiger partial charge in [0.25, 0.3) is 5.69 Å². The van der Waals surface area contributed by atoms with Crippen molar-refractivity contribution in [1.82, 2.24) is 0 Å². The van der Waals surface area contributed by atoms with Crippen LogP contribution in [0.4, 0.5) is 11.4 Å². The number of rotatable bonds is 1. The van der Waals surface area contributed by atoms with Gasteiger partial charge in [-0.2, -0.15) is 0 Å². The van der Waals surface area contributed by atoms with Gasteiger partial charge in [0.15, 0.2) is 0 Å². The molecule has 0 spiro atoms. The van der Waals surface area contributed by atoms with Crippen LogP contribution in [0.2, 0.25) is 0 Å². The first-order chi connectivity index (χ1) is 7.39. The summed E-state index contributed by atoms with van der Waals surface area (Å²) in [5.41, 5.74) is 0.813. The molecule has 1 aromatic rings. The second-order valence-corrected chi connectivity index (χ2v) is 6.15. The molecule has 1 aliphatic heterocycles. The van der Waals surface area contributed by atoms with E-state index in [0.29, 0.717) is 6.54 Å². The number of hydrazine groups is 1. The highest BCUT2D eigenvalue weighted by Gasteiger charge is 2.30. The lowest BCUT2D eigenvalue weighted by Crippen LogP contribution is -2.44. The summed E-state index contributed by atoms with van der Waals surface area (Å²) in [7, 11) is 0. The number of benzene rings is 1. The van der Waals surface area contributed by atoms with Crippen LogP contribution < -0.4 is 10.9 Å². The highest BCUT2D eigenvalue weighted by Crippen LogP contribution is 2.44. The van der Waals surface area contributed by atoms with Crippen molar-refractivity contribution in [3.8, 4) is 0 Å². The van der Waals surface area contributed by atoms with Gasteiger partial charge in [-0.1, -0.05) is 0 Å². The molecule has 0 unspecified atom stereocenters. The quantitative estimate of drug-likeness (QED) is 0.462. The Morgan fingerprint density at radius 3 is 2.88 bits per heavy atom. The fourth-order valence-corrected chi connectivity index (χ4v) is 2.97. The second-order valence-electron chi connectivity index (χ2n) is 4.40. The van der Waals surface area contributed by atoms with Gasteiger partial charge in [-0.05, 0) is 19.9 Å². The molecule has 5 nitrogen and oxygen atoms in total. The molecule has 2 rings (SSSR count). The van der Waals surface area contributed by atoms with Crippen LogP contribution in [0.3, 0.4) is 0 Å². The molecule has 0 atom stereocenters. The predicted octanol–water partition coefficient (Wildman–Crippen LogP) is 2.16. The highest BCUT2D eigenvalue weighted by molar-refractivity contribution is 8.00. The third-order valence-corrected chi connectivity index (χ3v) is 3.65. The third kappa shape index (κ3) is 1.98. The topological polar surface area (TPSA) is 72.4 Å². The zero-order chi connectivity index (χ0) is 11.9. The molecule has 2 N–H and O–H groups in total. The number of non-ortho nitro benzene ring substituents is 1. The number of nitrogens with two attached hydrogens (primary N) is 1. The average molecular weight is 239 g/mol. The van der Waals surface area contributed by atoms with Crippen molar-refractivity contribution >= 4 is 23.1 Å². The van der Waals surface area contributed by atoms with Crippen molar-refractivity contribution in [3.05, 3.63) is 28.3 Å². The Bertz CT molecular complexity index is 448. The molecular formula is C10H13N3O2S. The van der Waals surface area contributed by atoms with Crippen molar-refractivity contribution in [2.45, 2.75) is 23.5 Å². The van der Waals surface area contributed by atoms with Gasteiger partial charge in [-0.25, -0.2) is 5.84 Å². The van der Waals surface area contributed by atoms with Gasteiger partial charge in [-0.15, -0.1) is 11.8 Å². The third-order valence-electron chi connectivity index (χ3n) is 2.40. The maximum absolute atomic E-state index is 10.7. The first-order valence-electron chi connectivity index (χ1n) is 4.89. The maximum atomic E-state index is 10.7.